The van der Waals surface area contributed by atoms with Crippen molar-refractivity contribution in [2.24, 2.45) is 0 Å². The lowest BCUT2D eigenvalue weighted by Crippen LogP contribution is -2.51. The number of carbonyl (C=O) groups excluding carboxylic acids is 1. The van der Waals surface area contributed by atoms with Crippen LogP contribution in [-0.2, 0) is 22.2 Å². The van der Waals surface area contributed by atoms with E-state index in [1.807, 2.05) is 35.2 Å². The minimum atomic E-state index is -0.168. The van der Waals surface area contributed by atoms with Crippen molar-refractivity contribution in [2.75, 3.05) is 0 Å². The van der Waals surface area contributed by atoms with E-state index in [9.17, 15) is 4.79 Å². The molecule has 0 N–H and O–H groups in total. The first kappa shape index (κ1) is 23.2. The molecule has 2 atom stereocenters. The van der Waals surface area contributed by atoms with Crippen LogP contribution in [0.2, 0.25) is 0 Å². The minimum Gasteiger partial charge on any atom is -0.445 e. The van der Waals surface area contributed by atoms with Crippen molar-refractivity contribution in [1.82, 2.24) is 4.90 Å². The SMILES string of the molecule is Cc1cc2c(cc1C1=CC3CCCC(C1)N3C(=O)OCc1ccccc1)C(C)(C)CCC2(C)C. The van der Waals surface area contributed by atoms with Crippen LogP contribution in [0.15, 0.2) is 48.5 Å². The lowest BCUT2D eigenvalue weighted by Gasteiger charge is -2.45. The summed E-state index contributed by atoms with van der Waals surface area (Å²) < 4.78 is 5.75. The molecular weight excluding hydrogens is 418 g/mol. The van der Waals surface area contributed by atoms with Gasteiger partial charge in [-0.1, -0.05) is 76.2 Å². The first-order chi connectivity index (χ1) is 16.2. The van der Waals surface area contributed by atoms with E-state index in [1.165, 1.54) is 47.1 Å². The monoisotopic (exact) mass is 457 g/mol. The van der Waals surface area contributed by atoms with Crippen LogP contribution >= 0.6 is 0 Å². The molecule has 34 heavy (non-hydrogen) atoms. The van der Waals surface area contributed by atoms with Gasteiger partial charge >= 0.3 is 6.09 Å². The Bertz CT molecular complexity index is 1110. The minimum absolute atomic E-state index is 0.130. The van der Waals surface area contributed by atoms with E-state index in [2.05, 4.69) is 52.8 Å². The summed E-state index contributed by atoms with van der Waals surface area (Å²) in [5, 5.41) is 0. The largest absolute Gasteiger partial charge is 0.445 e. The van der Waals surface area contributed by atoms with Crippen molar-refractivity contribution in [3.63, 3.8) is 0 Å². The molecule has 1 fully saturated rings. The fourth-order valence-corrected chi connectivity index (χ4v) is 6.38. The summed E-state index contributed by atoms with van der Waals surface area (Å²) in [5.41, 5.74) is 8.67. The number of rotatable bonds is 3. The number of aryl methyl sites for hydroxylation is 1. The van der Waals surface area contributed by atoms with Gasteiger partial charge in [0.25, 0.3) is 0 Å². The van der Waals surface area contributed by atoms with Gasteiger partial charge in [-0.25, -0.2) is 4.79 Å². The Labute approximate surface area is 205 Å². The Hall–Kier alpha value is -2.55. The van der Waals surface area contributed by atoms with Crippen molar-refractivity contribution in [2.45, 2.75) is 103 Å². The van der Waals surface area contributed by atoms with Crippen LogP contribution in [0.25, 0.3) is 5.57 Å². The maximum Gasteiger partial charge on any atom is 0.410 e. The standard InChI is InChI=1S/C31H39NO2/c1-21-16-27-28(31(4,5)15-14-30(27,2)3)19-26(21)23-17-24-12-9-13-25(18-23)32(24)29(33)34-20-22-10-7-6-8-11-22/h6-8,10-11,16-17,19,24-25H,9,12-15,18,20H2,1-5H3. The van der Waals surface area contributed by atoms with Gasteiger partial charge in [-0.2, -0.15) is 0 Å². The van der Waals surface area contributed by atoms with Crippen LogP contribution in [0, 0.1) is 6.92 Å². The molecule has 2 unspecified atom stereocenters. The summed E-state index contributed by atoms with van der Waals surface area (Å²) in [4.78, 5) is 15.1. The van der Waals surface area contributed by atoms with Gasteiger partial charge < -0.3 is 4.74 Å². The zero-order chi connectivity index (χ0) is 24.1. The lowest BCUT2D eigenvalue weighted by atomic mass is 9.62. The maximum absolute atomic E-state index is 13.1. The molecule has 0 radical (unpaired) electrons. The van der Waals surface area contributed by atoms with Crippen LogP contribution in [0.4, 0.5) is 4.79 Å². The molecule has 3 heteroatoms. The van der Waals surface area contributed by atoms with Gasteiger partial charge in [-0.3, -0.25) is 4.90 Å². The third-order valence-electron chi connectivity index (χ3n) is 8.60. The maximum atomic E-state index is 13.1. The molecule has 1 saturated heterocycles. The van der Waals surface area contributed by atoms with Crippen LogP contribution < -0.4 is 0 Å². The molecule has 1 amide bonds. The van der Waals surface area contributed by atoms with Crippen molar-refractivity contribution in [3.05, 3.63) is 76.4 Å². The van der Waals surface area contributed by atoms with Crippen molar-refractivity contribution in [3.8, 4) is 0 Å². The predicted octanol–water partition coefficient (Wildman–Crippen LogP) is 7.69. The number of ether oxygens (including phenoxy) is 1. The molecule has 3 aliphatic rings. The van der Waals surface area contributed by atoms with Crippen molar-refractivity contribution in [1.29, 1.82) is 0 Å². The van der Waals surface area contributed by atoms with E-state index in [1.54, 1.807) is 0 Å². The van der Waals surface area contributed by atoms with Gasteiger partial charge in [-0.05, 0) is 89.7 Å². The summed E-state index contributed by atoms with van der Waals surface area (Å²) in [6.45, 7) is 12.2. The first-order valence-electron chi connectivity index (χ1n) is 13.0. The van der Waals surface area contributed by atoms with E-state index in [4.69, 9.17) is 4.74 Å². The number of benzene rings is 2. The normalized spacial score (nSPS) is 24.7. The van der Waals surface area contributed by atoms with Crippen LogP contribution in [-0.4, -0.2) is 23.1 Å². The van der Waals surface area contributed by atoms with Gasteiger partial charge in [0.15, 0.2) is 0 Å². The molecule has 2 heterocycles. The second-order valence-electron chi connectivity index (χ2n) is 12.0. The number of fused-ring (bicyclic) bond motifs is 3. The van der Waals surface area contributed by atoms with E-state index >= 15 is 0 Å². The Morgan fingerprint density at radius 3 is 2.35 bits per heavy atom. The zero-order valence-corrected chi connectivity index (χ0v) is 21.5. The molecule has 180 valence electrons. The molecule has 2 bridgehead atoms. The Morgan fingerprint density at radius 2 is 1.68 bits per heavy atom. The van der Waals surface area contributed by atoms with Crippen molar-refractivity contribution >= 4 is 11.7 Å². The number of piperidine rings is 1. The van der Waals surface area contributed by atoms with Gasteiger partial charge in [0.1, 0.15) is 6.61 Å². The van der Waals surface area contributed by atoms with Crippen LogP contribution in [0.5, 0.6) is 0 Å². The predicted molar refractivity (Wildman–Crippen MR) is 139 cm³/mol. The van der Waals surface area contributed by atoms with Crippen LogP contribution in [0.3, 0.4) is 0 Å². The van der Waals surface area contributed by atoms with Gasteiger partial charge in [0.05, 0.1) is 6.04 Å². The first-order valence-corrected chi connectivity index (χ1v) is 13.0. The number of amides is 1. The topological polar surface area (TPSA) is 29.5 Å². The molecule has 3 nitrogen and oxygen atoms in total. The van der Waals surface area contributed by atoms with Gasteiger partial charge in [0, 0.05) is 6.04 Å². The van der Waals surface area contributed by atoms with E-state index in [0.29, 0.717) is 6.61 Å². The average molecular weight is 458 g/mol. The molecule has 5 rings (SSSR count). The summed E-state index contributed by atoms with van der Waals surface area (Å²) >= 11 is 0. The molecule has 1 aliphatic carbocycles. The highest BCUT2D eigenvalue weighted by molar-refractivity contribution is 5.76. The number of carbonyl (C=O) groups is 1. The highest BCUT2D eigenvalue weighted by atomic mass is 16.6. The molecule has 0 saturated carbocycles. The highest BCUT2D eigenvalue weighted by Gasteiger charge is 2.40. The Kier molecular flexibility index (Phi) is 5.86. The number of hydrogen-bond donors (Lipinski definition) is 0. The zero-order valence-electron chi connectivity index (χ0n) is 21.5. The summed E-state index contributed by atoms with van der Waals surface area (Å²) in [7, 11) is 0. The van der Waals surface area contributed by atoms with E-state index < -0.39 is 0 Å². The third kappa shape index (κ3) is 4.19. The second kappa shape index (κ2) is 8.59. The smallest absolute Gasteiger partial charge is 0.410 e. The summed E-state index contributed by atoms with van der Waals surface area (Å²) in [6.07, 6.45) is 8.82. The van der Waals surface area contributed by atoms with Gasteiger partial charge in [0.2, 0.25) is 0 Å². The molecule has 2 aliphatic heterocycles. The number of hydrogen-bond acceptors (Lipinski definition) is 2. The Morgan fingerprint density at radius 1 is 1.00 bits per heavy atom. The molecule has 0 aromatic heterocycles. The summed E-state index contributed by atoms with van der Waals surface area (Å²) in [6, 6.07) is 15.3. The third-order valence-corrected chi connectivity index (χ3v) is 8.60. The van der Waals surface area contributed by atoms with Gasteiger partial charge in [-0.15, -0.1) is 0 Å². The fourth-order valence-electron chi connectivity index (χ4n) is 6.38. The van der Waals surface area contributed by atoms with E-state index in [-0.39, 0.29) is 29.0 Å². The van der Waals surface area contributed by atoms with Crippen molar-refractivity contribution < 1.29 is 9.53 Å². The fraction of sp³-hybridized carbons (Fsp3) is 0.516. The second-order valence-corrected chi connectivity index (χ2v) is 12.0. The molecule has 2 aromatic rings. The lowest BCUT2D eigenvalue weighted by molar-refractivity contribution is 0.0510. The highest BCUT2D eigenvalue weighted by Crippen LogP contribution is 2.48. The van der Waals surface area contributed by atoms with E-state index in [0.717, 1.165) is 24.8 Å². The quantitative estimate of drug-likeness (QED) is 0.473. The van der Waals surface area contributed by atoms with Crippen LogP contribution in [0.1, 0.15) is 94.0 Å². The average Bonchev–Trinajstić information content (AvgIpc) is 2.80. The summed E-state index contributed by atoms with van der Waals surface area (Å²) in [5.74, 6) is 0. The molecule has 2 aromatic carbocycles. The molecular formula is C31H39NO2. The number of nitrogens with zero attached hydrogens (tertiary/aromatic N) is 1. The molecule has 0 spiro atoms. The Balaban J connectivity index is 1.43.